The fraction of sp³-hybridized carbons (Fsp3) is 0.214. The zero-order chi connectivity index (χ0) is 13.2. The zero-order valence-corrected chi connectivity index (χ0v) is 10.2. The summed E-state index contributed by atoms with van der Waals surface area (Å²) in [5.41, 5.74) is 2.17. The summed E-state index contributed by atoms with van der Waals surface area (Å²) >= 11 is 0. The molecule has 1 atom stereocenters. The van der Waals surface area contributed by atoms with E-state index in [-0.39, 0.29) is 12.5 Å². The van der Waals surface area contributed by atoms with E-state index in [1.807, 2.05) is 24.3 Å². The average molecular weight is 255 g/mol. The molecule has 19 heavy (non-hydrogen) atoms. The van der Waals surface area contributed by atoms with Gasteiger partial charge in [-0.25, -0.2) is 0 Å². The van der Waals surface area contributed by atoms with Crippen molar-refractivity contribution in [2.24, 2.45) is 0 Å². The van der Waals surface area contributed by atoms with Crippen molar-refractivity contribution in [3.8, 4) is 0 Å². The summed E-state index contributed by atoms with van der Waals surface area (Å²) in [6.07, 6.45) is 0.877. The third kappa shape index (κ3) is 2.20. The van der Waals surface area contributed by atoms with E-state index in [2.05, 4.69) is 10.2 Å². The minimum Gasteiger partial charge on any atom is -0.387 e. The second-order valence-electron chi connectivity index (χ2n) is 4.51. The summed E-state index contributed by atoms with van der Waals surface area (Å²) in [5, 5.41) is 17.6. The summed E-state index contributed by atoms with van der Waals surface area (Å²) < 4.78 is 0. The average Bonchev–Trinajstić information content (AvgIpc) is 2.47. The van der Waals surface area contributed by atoms with E-state index in [1.54, 1.807) is 17.0 Å². The van der Waals surface area contributed by atoms with Gasteiger partial charge in [-0.05, 0) is 23.3 Å². The number of aromatic nitrogens is 2. The van der Waals surface area contributed by atoms with Gasteiger partial charge in [0.15, 0.2) is 5.69 Å². The highest BCUT2D eigenvalue weighted by Gasteiger charge is 2.27. The molecule has 1 N–H and O–H groups in total. The number of hydrogen-bond donors (Lipinski definition) is 1. The predicted molar refractivity (Wildman–Crippen MR) is 68.2 cm³/mol. The molecular formula is C14H13N3O2. The van der Waals surface area contributed by atoms with Gasteiger partial charge in [0.1, 0.15) is 0 Å². The summed E-state index contributed by atoms with van der Waals surface area (Å²) in [5.74, 6) is -0.207. The number of nitrogens with zero attached hydrogens (tertiary/aromatic N) is 3. The van der Waals surface area contributed by atoms with Crippen LogP contribution in [0, 0.1) is 0 Å². The highest BCUT2D eigenvalue weighted by atomic mass is 16.3. The summed E-state index contributed by atoms with van der Waals surface area (Å²) in [4.78, 5) is 13.9. The van der Waals surface area contributed by atoms with E-state index in [4.69, 9.17) is 0 Å². The SMILES string of the molecule is O=C(c1cccnn1)N1Cc2ccccc2[C@H](O)C1. The number of hydrogen-bond acceptors (Lipinski definition) is 4. The van der Waals surface area contributed by atoms with Crippen LogP contribution in [0.15, 0.2) is 42.6 Å². The molecule has 2 aromatic rings. The van der Waals surface area contributed by atoms with Crippen molar-refractivity contribution in [3.05, 3.63) is 59.4 Å². The maximum absolute atomic E-state index is 12.3. The number of aliphatic hydroxyl groups excluding tert-OH is 1. The molecule has 1 aliphatic heterocycles. The van der Waals surface area contributed by atoms with Gasteiger partial charge in [-0.2, -0.15) is 5.10 Å². The third-order valence-corrected chi connectivity index (χ3v) is 3.25. The Hall–Kier alpha value is -2.27. The first-order valence-electron chi connectivity index (χ1n) is 6.08. The van der Waals surface area contributed by atoms with Gasteiger partial charge in [0.05, 0.1) is 12.6 Å². The smallest absolute Gasteiger partial charge is 0.274 e. The van der Waals surface area contributed by atoms with Crippen LogP contribution < -0.4 is 0 Å². The lowest BCUT2D eigenvalue weighted by molar-refractivity contribution is 0.0543. The highest BCUT2D eigenvalue weighted by molar-refractivity contribution is 5.92. The first kappa shape index (κ1) is 11.8. The van der Waals surface area contributed by atoms with Crippen molar-refractivity contribution < 1.29 is 9.90 Å². The Balaban J connectivity index is 1.88. The first-order chi connectivity index (χ1) is 9.25. The fourth-order valence-corrected chi connectivity index (χ4v) is 2.31. The van der Waals surface area contributed by atoms with Crippen LogP contribution in [0.25, 0.3) is 0 Å². The van der Waals surface area contributed by atoms with Crippen LogP contribution in [0.1, 0.15) is 27.7 Å². The maximum Gasteiger partial charge on any atom is 0.274 e. The van der Waals surface area contributed by atoms with E-state index >= 15 is 0 Å². The summed E-state index contributed by atoms with van der Waals surface area (Å²) in [6, 6.07) is 10.9. The van der Waals surface area contributed by atoms with Gasteiger partial charge >= 0.3 is 0 Å². The molecule has 96 valence electrons. The van der Waals surface area contributed by atoms with Gasteiger partial charge in [0.25, 0.3) is 5.91 Å². The Morgan fingerprint density at radius 3 is 2.89 bits per heavy atom. The lowest BCUT2D eigenvalue weighted by Gasteiger charge is -2.31. The minimum absolute atomic E-state index is 0.207. The van der Waals surface area contributed by atoms with Crippen LogP contribution in [0.4, 0.5) is 0 Å². The molecule has 0 saturated heterocycles. The van der Waals surface area contributed by atoms with Gasteiger partial charge in [0.2, 0.25) is 0 Å². The number of benzene rings is 1. The molecule has 0 saturated carbocycles. The van der Waals surface area contributed by atoms with Crippen molar-refractivity contribution in [3.63, 3.8) is 0 Å². The molecule has 1 aromatic carbocycles. The van der Waals surface area contributed by atoms with E-state index in [9.17, 15) is 9.90 Å². The number of carbonyl (C=O) groups excluding carboxylic acids is 1. The van der Waals surface area contributed by atoms with E-state index in [0.717, 1.165) is 11.1 Å². The van der Waals surface area contributed by atoms with Crippen LogP contribution in [0.5, 0.6) is 0 Å². The number of aliphatic hydroxyl groups is 1. The predicted octanol–water partition coefficient (Wildman–Crippen LogP) is 1.17. The van der Waals surface area contributed by atoms with E-state index in [0.29, 0.717) is 12.2 Å². The third-order valence-electron chi connectivity index (χ3n) is 3.25. The van der Waals surface area contributed by atoms with Crippen molar-refractivity contribution in [1.29, 1.82) is 0 Å². The number of fused-ring (bicyclic) bond motifs is 1. The molecule has 0 bridgehead atoms. The standard InChI is InChI=1S/C14H13N3O2/c18-13-9-17(8-10-4-1-2-5-11(10)13)14(19)12-6-3-7-15-16-12/h1-7,13,18H,8-9H2/t13-/m1/s1. The number of amides is 1. The lowest BCUT2D eigenvalue weighted by atomic mass is 9.97. The normalized spacial score (nSPS) is 17.9. The van der Waals surface area contributed by atoms with Crippen LogP contribution in [0.2, 0.25) is 0 Å². The Kier molecular flexibility index (Phi) is 2.97. The number of β-amino-alcohol motifs (C(OH)–C–C–N with tert-alkyl or cyclic N) is 1. The van der Waals surface area contributed by atoms with Gasteiger partial charge in [-0.1, -0.05) is 24.3 Å². The van der Waals surface area contributed by atoms with Crippen molar-refractivity contribution in [1.82, 2.24) is 15.1 Å². The zero-order valence-electron chi connectivity index (χ0n) is 10.2. The molecule has 5 nitrogen and oxygen atoms in total. The Morgan fingerprint density at radius 2 is 2.11 bits per heavy atom. The monoisotopic (exact) mass is 255 g/mol. The molecule has 5 heteroatoms. The van der Waals surface area contributed by atoms with Gasteiger partial charge in [0, 0.05) is 12.7 Å². The second-order valence-corrected chi connectivity index (χ2v) is 4.51. The molecule has 1 aliphatic rings. The lowest BCUT2D eigenvalue weighted by Crippen LogP contribution is -2.38. The number of rotatable bonds is 1. The Bertz CT molecular complexity index is 601. The quantitative estimate of drug-likeness (QED) is 0.830. The van der Waals surface area contributed by atoms with E-state index < -0.39 is 6.10 Å². The largest absolute Gasteiger partial charge is 0.387 e. The van der Waals surface area contributed by atoms with Crippen LogP contribution in [-0.4, -0.2) is 32.7 Å². The van der Waals surface area contributed by atoms with Crippen LogP contribution in [-0.2, 0) is 6.54 Å². The molecule has 1 aromatic heterocycles. The molecule has 1 amide bonds. The second kappa shape index (κ2) is 4.78. The highest BCUT2D eigenvalue weighted by Crippen LogP contribution is 2.26. The van der Waals surface area contributed by atoms with Crippen LogP contribution in [0.3, 0.4) is 0 Å². The van der Waals surface area contributed by atoms with Crippen molar-refractivity contribution in [2.75, 3.05) is 6.54 Å². The molecule has 0 aliphatic carbocycles. The molecule has 2 heterocycles. The maximum atomic E-state index is 12.3. The summed E-state index contributed by atoms with van der Waals surface area (Å²) in [6.45, 7) is 0.773. The minimum atomic E-state index is -0.648. The summed E-state index contributed by atoms with van der Waals surface area (Å²) in [7, 11) is 0. The van der Waals surface area contributed by atoms with Gasteiger partial charge in [-0.15, -0.1) is 5.10 Å². The van der Waals surface area contributed by atoms with Crippen LogP contribution >= 0.6 is 0 Å². The van der Waals surface area contributed by atoms with E-state index in [1.165, 1.54) is 6.20 Å². The fourth-order valence-electron chi connectivity index (χ4n) is 2.31. The van der Waals surface area contributed by atoms with Crippen molar-refractivity contribution in [2.45, 2.75) is 12.6 Å². The van der Waals surface area contributed by atoms with Crippen molar-refractivity contribution >= 4 is 5.91 Å². The Morgan fingerprint density at radius 1 is 1.26 bits per heavy atom. The number of carbonyl (C=O) groups is 1. The molecule has 0 unspecified atom stereocenters. The first-order valence-corrected chi connectivity index (χ1v) is 6.08. The Labute approximate surface area is 110 Å². The topological polar surface area (TPSA) is 66.3 Å². The molecular weight excluding hydrogens is 242 g/mol. The van der Waals surface area contributed by atoms with Gasteiger partial charge < -0.3 is 10.0 Å². The molecule has 0 radical (unpaired) electrons. The molecule has 0 fully saturated rings. The molecule has 0 spiro atoms. The van der Waals surface area contributed by atoms with Gasteiger partial charge in [-0.3, -0.25) is 4.79 Å². The molecule has 3 rings (SSSR count).